The van der Waals surface area contributed by atoms with Crippen LogP contribution in [0.2, 0.25) is 5.28 Å². The van der Waals surface area contributed by atoms with Crippen LogP contribution in [0.5, 0.6) is 0 Å². The van der Waals surface area contributed by atoms with Gasteiger partial charge in [0.05, 0.1) is 12.0 Å². The summed E-state index contributed by atoms with van der Waals surface area (Å²) < 4.78 is 0. The predicted octanol–water partition coefficient (Wildman–Crippen LogP) is 1.10. The van der Waals surface area contributed by atoms with Crippen LogP contribution in [0.15, 0.2) is 6.33 Å². The van der Waals surface area contributed by atoms with Gasteiger partial charge in [-0.1, -0.05) is 0 Å². The van der Waals surface area contributed by atoms with Crippen LogP contribution in [0.1, 0.15) is 6.92 Å². The summed E-state index contributed by atoms with van der Waals surface area (Å²) in [5.74, 6) is 0.303. The lowest BCUT2D eigenvalue weighted by Gasteiger charge is -2.04. The Hall–Kier alpha value is -1.41. The smallest absolute Gasteiger partial charge is 0.227 e. The van der Waals surface area contributed by atoms with E-state index >= 15 is 0 Å². The second-order valence-electron chi connectivity index (χ2n) is 2.49. The predicted molar refractivity (Wildman–Crippen MR) is 48.1 cm³/mol. The summed E-state index contributed by atoms with van der Waals surface area (Å²) >= 11 is 5.53. The molecular formula is C7H8ClN5. The summed E-state index contributed by atoms with van der Waals surface area (Å²) in [5, 5.41) is 11.5. The molecule has 0 amide bonds. The Bertz CT molecular complexity index is 321. The molecular weight excluding hydrogens is 190 g/mol. The lowest BCUT2D eigenvalue weighted by Crippen LogP contribution is -2.11. The van der Waals surface area contributed by atoms with Crippen molar-refractivity contribution in [2.45, 2.75) is 6.92 Å². The number of hydrogen-bond donors (Lipinski definition) is 1. The molecule has 1 atom stereocenters. The van der Waals surface area contributed by atoms with Crippen molar-refractivity contribution in [3.05, 3.63) is 11.6 Å². The lowest BCUT2D eigenvalue weighted by molar-refractivity contribution is 0.777. The first kappa shape index (κ1) is 9.68. The zero-order valence-electron chi connectivity index (χ0n) is 7.03. The Balaban J connectivity index is 2.51. The molecule has 1 heterocycles. The molecule has 0 saturated carbocycles. The van der Waals surface area contributed by atoms with Gasteiger partial charge in [-0.05, 0) is 18.5 Å². The van der Waals surface area contributed by atoms with Crippen LogP contribution in [0.4, 0.5) is 5.95 Å². The molecule has 0 aliphatic carbocycles. The summed E-state index contributed by atoms with van der Waals surface area (Å²) in [6, 6.07) is 2.08. The van der Waals surface area contributed by atoms with E-state index in [1.54, 1.807) is 6.92 Å². The van der Waals surface area contributed by atoms with E-state index < -0.39 is 0 Å². The Kier molecular flexibility index (Phi) is 3.41. The number of nitriles is 1. The number of nitrogens with one attached hydrogen (secondary N) is 1. The summed E-state index contributed by atoms with van der Waals surface area (Å²) in [6.45, 7) is 2.30. The summed E-state index contributed by atoms with van der Waals surface area (Å²) in [4.78, 5) is 11.2. The van der Waals surface area contributed by atoms with Crippen molar-refractivity contribution in [3.8, 4) is 6.07 Å². The van der Waals surface area contributed by atoms with Crippen LogP contribution in [0.3, 0.4) is 0 Å². The van der Waals surface area contributed by atoms with E-state index in [1.165, 1.54) is 6.33 Å². The monoisotopic (exact) mass is 197 g/mol. The molecule has 0 aliphatic rings. The molecule has 0 fully saturated rings. The molecule has 1 aromatic rings. The number of anilines is 1. The van der Waals surface area contributed by atoms with Gasteiger partial charge in [-0.2, -0.15) is 10.2 Å². The zero-order valence-corrected chi connectivity index (χ0v) is 7.78. The number of nitrogens with zero attached hydrogens (tertiary/aromatic N) is 4. The molecule has 1 rings (SSSR count). The van der Waals surface area contributed by atoms with Crippen molar-refractivity contribution >= 4 is 17.5 Å². The molecule has 68 valence electrons. The second-order valence-corrected chi connectivity index (χ2v) is 2.83. The lowest BCUT2D eigenvalue weighted by atomic mass is 10.2. The first-order valence-electron chi connectivity index (χ1n) is 3.70. The van der Waals surface area contributed by atoms with Crippen LogP contribution < -0.4 is 5.32 Å². The average Bonchev–Trinajstić information content (AvgIpc) is 2.14. The van der Waals surface area contributed by atoms with E-state index in [0.717, 1.165) is 0 Å². The molecule has 1 aromatic heterocycles. The molecule has 0 saturated heterocycles. The van der Waals surface area contributed by atoms with Crippen LogP contribution in [0.25, 0.3) is 0 Å². The molecule has 0 aliphatic heterocycles. The van der Waals surface area contributed by atoms with Crippen molar-refractivity contribution < 1.29 is 0 Å². The van der Waals surface area contributed by atoms with E-state index in [0.29, 0.717) is 12.5 Å². The van der Waals surface area contributed by atoms with Gasteiger partial charge >= 0.3 is 0 Å². The third-order valence-corrected chi connectivity index (χ3v) is 1.51. The third-order valence-electron chi connectivity index (χ3n) is 1.33. The van der Waals surface area contributed by atoms with Gasteiger partial charge in [-0.15, -0.1) is 0 Å². The highest BCUT2D eigenvalue weighted by Gasteiger charge is 2.01. The maximum absolute atomic E-state index is 8.50. The molecule has 13 heavy (non-hydrogen) atoms. The minimum Gasteiger partial charge on any atom is -0.353 e. The fourth-order valence-electron chi connectivity index (χ4n) is 0.652. The Morgan fingerprint density at radius 3 is 3.08 bits per heavy atom. The molecule has 0 bridgehead atoms. The summed E-state index contributed by atoms with van der Waals surface area (Å²) in [5.41, 5.74) is 0. The van der Waals surface area contributed by atoms with Gasteiger partial charge in [0, 0.05) is 6.54 Å². The largest absolute Gasteiger partial charge is 0.353 e. The number of rotatable bonds is 3. The standard InChI is InChI=1S/C7H8ClN5/c1-5(2-9)3-10-7-12-4-11-6(8)13-7/h4-5H,3H2,1H3,(H,10,11,12,13). The molecule has 1 N–H and O–H groups in total. The first-order valence-corrected chi connectivity index (χ1v) is 4.08. The van der Waals surface area contributed by atoms with E-state index in [9.17, 15) is 0 Å². The fourth-order valence-corrected chi connectivity index (χ4v) is 0.775. The van der Waals surface area contributed by atoms with Gasteiger partial charge in [0.15, 0.2) is 0 Å². The number of aromatic nitrogens is 3. The van der Waals surface area contributed by atoms with Crippen LogP contribution in [0, 0.1) is 17.2 Å². The normalized spacial score (nSPS) is 11.8. The highest BCUT2D eigenvalue weighted by molar-refractivity contribution is 6.28. The molecule has 0 spiro atoms. The van der Waals surface area contributed by atoms with E-state index in [-0.39, 0.29) is 11.2 Å². The average molecular weight is 198 g/mol. The van der Waals surface area contributed by atoms with E-state index in [1.807, 2.05) is 0 Å². The van der Waals surface area contributed by atoms with Crippen molar-refractivity contribution in [1.82, 2.24) is 15.0 Å². The molecule has 0 aromatic carbocycles. The first-order chi connectivity index (χ1) is 6.22. The van der Waals surface area contributed by atoms with E-state index in [2.05, 4.69) is 26.3 Å². The van der Waals surface area contributed by atoms with Crippen molar-refractivity contribution in [1.29, 1.82) is 5.26 Å². The van der Waals surface area contributed by atoms with Gasteiger partial charge in [0.2, 0.25) is 11.2 Å². The molecule has 0 radical (unpaired) electrons. The van der Waals surface area contributed by atoms with Gasteiger partial charge in [0.1, 0.15) is 6.33 Å². The third kappa shape index (κ3) is 3.22. The van der Waals surface area contributed by atoms with Gasteiger partial charge in [-0.3, -0.25) is 0 Å². The maximum atomic E-state index is 8.50. The van der Waals surface area contributed by atoms with Crippen LogP contribution in [-0.4, -0.2) is 21.5 Å². The Morgan fingerprint density at radius 2 is 2.46 bits per heavy atom. The van der Waals surface area contributed by atoms with Crippen molar-refractivity contribution in [2.24, 2.45) is 5.92 Å². The van der Waals surface area contributed by atoms with Crippen LogP contribution >= 0.6 is 11.6 Å². The van der Waals surface area contributed by atoms with Gasteiger partial charge in [-0.25, -0.2) is 9.97 Å². The Morgan fingerprint density at radius 1 is 1.69 bits per heavy atom. The quantitative estimate of drug-likeness (QED) is 0.786. The van der Waals surface area contributed by atoms with Gasteiger partial charge < -0.3 is 5.32 Å². The topological polar surface area (TPSA) is 74.5 Å². The van der Waals surface area contributed by atoms with Crippen LogP contribution in [-0.2, 0) is 0 Å². The highest BCUT2D eigenvalue weighted by atomic mass is 35.5. The Labute approximate surface area is 80.8 Å². The number of halogens is 1. The highest BCUT2D eigenvalue weighted by Crippen LogP contribution is 2.02. The molecule has 6 heteroatoms. The van der Waals surface area contributed by atoms with E-state index in [4.69, 9.17) is 16.9 Å². The molecule has 5 nitrogen and oxygen atoms in total. The summed E-state index contributed by atoms with van der Waals surface area (Å²) in [7, 11) is 0. The fraction of sp³-hybridized carbons (Fsp3) is 0.429. The van der Waals surface area contributed by atoms with Crippen molar-refractivity contribution in [2.75, 3.05) is 11.9 Å². The second kappa shape index (κ2) is 4.58. The molecule has 1 unspecified atom stereocenters. The minimum absolute atomic E-state index is 0.0875. The number of hydrogen-bond acceptors (Lipinski definition) is 5. The SMILES string of the molecule is CC(C#N)CNc1ncnc(Cl)n1. The van der Waals surface area contributed by atoms with Gasteiger partial charge in [0.25, 0.3) is 0 Å². The zero-order chi connectivity index (χ0) is 9.68. The minimum atomic E-state index is -0.0875. The summed E-state index contributed by atoms with van der Waals surface area (Å²) in [6.07, 6.45) is 1.31. The maximum Gasteiger partial charge on any atom is 0.227 e. The van der Waals surface area contributed by atoms with Crippen molar-refractivity contribution in [3.63, 3.8) is 0 Å².